The van der Waals surface area contributed by atoms with Gasteiger partial charge in [0.2, 0.25) is 0 Å². The summed E-state index contributed by atoms with van der Waals surface area (Å²) in [7, 11) is 0. The van der Waals surface area contributed by atoms with E-state index in [1.165, 1.54) is 0 Å². The van der Waals surface area contributed by atoms with E-state index in [1.54, 1.807) is 0 Å². The monoisotopic (exact) mass is 192 g/mol. The molecule has 0 radical (unpaired) electrons. The van der Waals surface area contributed by atoms with E-state index in [-0.39, 0.29) is 11.9 Å². The van der Waals surface area contributed by atoms with E-state index in [4.69, 9.17) is 4.74 Å². The molecule has 0 bridgehead atoms. The summed E-state index contributed by atoms with van der Waals surface area (Å²) in [6.45, 7) is 0. The standard InChI is InChI=1S/C11H12O3/c12-8-10-4-1-2-5-11(10,7-3-6-10)9(13)14-8/h1-2H,3-7H2/t10-,11-/m1/s1. The highest BCUT2D eigenvalue weighted by atomic mass is 16.6. The lowest BCUT2D eigenvalue weighted by molar-refractivity contribution is -0.156. The first-order chi connectivity index (χ1) is 6.71. The summed E-state index contributed by atoms with van der Waals surface area (Å²) >= 11 is 0. The molecule has 2 fully saturated rings. The number of esters is 2. The molecule has 0 unspecified atom stereocenters. The van der Waals surface area contributed by atoms with Crippen LogP contribution < -0.4 is 0 Å². The normalized spacial score (nSPS) is 44.9. The van der Waals surface area contributed by atoms with Crippen LogP contribution in [0.4, 0.5) is 0 Å². The van der Waals surface area contributed by atoms with E-state index in [0.29, 0.717) is 12.8 Å². The van der Waals surface area contributed by atoms with Gasteiger partial charge in [0.1, 0.15) is 0 Å². The summed E-state index contributed by atoms with van der Waals surface area (Å²) < 4.78 is 4.84. The molecule has 3 nitrogen and oxygen atoms in total. The average Bonchev–Trinajstić information content (AvgIpc) is 2.66. The van der Waals surface area contributed by atoms with E-state index in [9.17, 15) is 9.59 Å². The van der Waals surface area contributed by atoms with Gasteiger partial charge in [-0.2, -0.15) is 0 Å². The van der Waals surface area contributed by atoms with Gasteiger partial charge in [0, 0.05) is 0 Å². The molecule has 2 atom stereocenters. The van der Waals surface area contributed by atoms with Gasteiger partial charge in [0.25, 0.3) is 0 Å². The van der Waals surface area contributed by atoms with Crippen LogP contribution >= 0.6 is 0 Å². The molecule has 1 heterocycles. The van der Waals surface area contributed by atoms with Gasteiger partial charge in [0.15, 0.2) is 0 Å². The summed E-state index contributed by atoms with van der Waals surface area (Å²) in [6, 6.07) is 0. The van der Waals surface area contributed by atoms with Crippen molar-refractivity contribution < 1.29 is 14.3 Å². The summed E-state index contributed by atoms with van der Waals surface area (Å²) in [5, 5.41) is 0. The second-order valence-electron chi connectivity index (χ2n) is 4.57. The Bertz CT molecular complexity index is 326. The van der Waals surface area contributed by atoms with Crippen molar-refractivity contribution in [3.63, 3.8) is 0 Å². The SMILES string of the molecule is O=C1OC(=O)[C@]23CC=CC[C@@]12CCC3. The molecule has 74 valence electrons. The van der Waals surface area contributed by atoms with Crippen molar-refractivity contribution in [2.75, 3.05) is 0 Å². The summed E-state index contributed by atoms with van der Waals surface area (Å²) in [4.78, 5) is 23.5. The van der Waals surface area contributed by atoms with Gasteiger partial charge in [0.05, 0.1) is 10.8 Å². The number of cyclic esters (lactones) is 2. The Hall–Kier alpha value is -1.12. The number of allylic oxidation sites excluding steroid dienone is 2. The van der Waals surface area contributed by atoms with Crippen molar-refractivity contribution in [2.45, 2.75) is 32.1 Å². The van der Waals surface area contributed by atoms with Crippen LogP contribution in [0.15, 0.2) is 12.2 Å². The van der Waals surface area contributed by atoms with Crippen LogP contribution in [0.3, 0.4) is 0 Å². The van der Waals surface area contributed by atoms with Gasteiger partial charge < -0.3 is 4.74 Å². The third-order valence-electron chi connectivity index (χ3n) is 4.19. The quantitative estimate of drug-likeness (QED) is 0.332. The van der Waals surface area contributed by atoms with Crippen molar-refractivity contribution >= 4 is 11.9 Å². The Morgan fingerprint density at radius 3 is 2.00 bits per heavy atom. The Morgan fingerprint density at radius 2 is 1.50 bits per heavy atom. The second-order valence-corrected chi connectivity index (χ2v) is 4.57. The van der Waals surface area contributed by atoms with E-state index >= 15 is 0 Å². The Morgan fingerprint density at radius 1 is 1.00 bits per heavy atom. The first-order valence-electron chi connectivity index (χ1n) is 5.13. The Labute approximate surface area is 82.1 Å². The zero-order valence-corrected chi connectivity index (χ0v) is 7.91. The maximum absolute atomic E-state index is 11.7. The van der Waals surface area contributed by atoms with Gasteiger partial charge in [-0.15, -0.1) is 0 Å². The van der Waals surface area contributed by atoms with Crippen LogP contribution in [0.2, 0.25) is 0 Å². The zero-order chi connectivity index (χ0) is 9.81. The fourth-order valence-corrected chi connectivity index (χ4v) is 3.38. The molecule has 3 heteroatoms. The molecule has 0 spiro atoms. The lowest BCUT2D eigenvalue weighted by Gasteiger charge is -2.35. The molecule has 0 aromatic rings. The topological polar surface area (TPSA) is 43.4 Å². The molecule has 1 aliphatic heterocycles. The van der Waals surface area contributed by atoms with Gasteiger partial charge in [-0.25, -0.2) is 0 Å². The molecule has 2 aliphatic carbocycles. The predicted molar refractivity (Wildman–Crippen MR) is 48.2 cm³/mol. The van der Waals surface area contributed by atoms with Crippen molar-refractivity contribution in [2.24, 2.45) is 10.8 Å². The first-order valence-corrected chi connectivity index (χ1v) is 5.13. The number of hydrogen-bond donors (Lipinski definition) is 0. The number of rotatable bonds is 0. The smallest absolute Gasteiger partial charge is 0.321 e. The molecule has 0 N–H and O–H groups in total. The van der Waals surface area contributed by atoms with Crippen LogP contribution in [-0.4, -0.2) is 11.9 Å². The fourth-order valence-electron chi connectivity index (χ4n) is 3.38. The van der Waals surface area contributed by atoms with E-state index in [2.05, 4.69) is 0 Å². The highest BCUT2D eigenvalue weighted by Gasteiger charge is 2.69. The van der Waals surface area contributed by atoms with E-state index in [1.807, 2.05) is 12.2 Å². The van der Waals surface area contributed by atoms with Crippen LogP contribution in [-0.2, 0) is 14.3 Å². The minimum Gasteiger partial charge on any atom is -0.392 e. The molecular weight excluding hydrogens is 180 g/mol. The summed E-state index contributed by atoms with van der Waals surface area (Å²) in [5.74, 6) is -0.547. The Balaban J connectivity index is 2.21. The third-order valence-corrected chi connectivity index (χ3v) is 4.19. The van der Waals surface area contributed by atoms with Gasteiger partial charge in [-0.1, -0.05) is 18.6 Å². The highest BCUT2D eigenvalue weighted by Crippen LogP contribution is 2.63. The lowest BCUT2D eigenvalue weighted by atomic mass is 9.61. The number of carbonyl (C=O) groups excluding carboxylic acids is 2. The predicted octanol–water partition coefficient (Wildman–Crippen LogP) is 1.58. The number of hydrogen-bond acceptors (Lipinski definition) is 3. The van der Waals surface area contributed by atoms with Crippen LogP contribution in [0, 0.1) is 10.8 Å². The zero-order valence-electron chi connectivity index (χ0n) is 7.91. The molecule has 0 aromatic carbocycles. The van der Waals surface area contributed by atoms with E-state index < -0.39 is 10.8 Å². The highest BCUT2D eigenvalue weighted by molar-refractivity contribution is 6.02. The minimum atomic E-state index is -0.487. The van der Waals surface area contributed by atoms with Crippen LogP contribution in [0.1, 0.15) is 32.1 Å². The average molecular weight is 192 g/mol. The molecule has 1 saturated carbocycles. The van der Waals surface area contributed by atoms with Gasteiger partial charge in [-0.3, -0.25) is 9.59 Å². The van der Waals surface area contributed by atoms with Crippen LogP contribution in [0.25, 0.3) is 0 Å². The molecule has 1 saturated heterocycles. The fraction of sp³-hybridized carbons (Fsp3) is 0.636. The van der Waals surface area contributed by atoms with Crippen LogP contribution in [0.5, 0.6) is 0 Å². The molecule has 3 aliphatic rings. The number of ether oxygens (including phenoxy) is 1. The molecule has 0 amide bonds. The maximum atomic E-state index is 11.7. The summed E-state index contributed by atoms with van der Waals surface area (Å²) in [6.07, 6.45) is 8.04. The summed E-state index contributed by atoms with van der Waals surface area (Å²) in [5.41, 5.74) is -0.975. The number of carbonyl (C=O) groups is 2. The molecule has 3 rings (SSSR count). The first kappa shape index (κ1) is 8.21. The van der Waals surface area contributed by atoms with Gasteiger partial charge >= 0.3 is 11.9 Å². The third kappa shape index (κ3) is 0.636. The second kappa shape index (κ2) is 2.27. The molecular formula is C11H12O3. The van der Waals surface area contributed by atoms with Crippen molar-refractivity contribution in [3.8, 4) is 0 Å². The Kier molecular flexibility index (Phi) is 1.33. The minimum absolute atomic E-state index is 0.274. The largest absolute Gasteiger partial charge is 0.392 e. The maximum Gasteiger partial charge on any atom is 0.321 e. The van der Waals surface area contributed by atoms with Crippen molar-refractivity contribution in [3.05, 3.63) is 12.2 Å². The molecule has 14 heavy (non-hydrogen) atoms. The van der Waals surface area contributed by atoms with Crippen molar-refractivity contribution in [1.29, 1.82) is 0 Å². The molecule has 0 aromatic heterocycles. The lowest BCUT2D eigenvalue weighted by Crippen LogP contribution is -2.41. The van der Waals surface area contributed by atoms with E-state index in [0.717, 1.165) is 19.3 Å². The van der Waals surface area contributed by atoms with Gasteiger partial charge in [-0.05, 0) is 25.7 Å². The van der Waals surface area contributed by atoms with Crippen molar-refractivity contribution in [1.82, 2.24) is 0 Å².